The molecule has 4 rings (SSSR count). The summed E-state index contributed by atoms with van der Waals surface area (Å²) in [6.07, 6.45) is 2.83. The fraction of sp³-hybridized carbons (Fsp3) is 0.318. The molecule has 1 aromatic carbocycles. The number of hydrogen-bond acceptors (Lipinski definition) is 7. The summed E-state index contributed by atoms with van der Waals surface area (Å²) in [5, 5.41) is 9.34. The van der Waals surface area contributed by atoms with E-state index in [2.05, 4.69) is 11.1 Å². The van der Waals surface area contributed by atoms with Gasteiger partial charge in [-0.1, -0.05) is 11.8 Å². The Morgan fingerprint density at radius 1 is 1.30 bits per heavy atom. The van der Waals surface area contributed by atoms with Crippen LogP contribution in [-0.4, -0.2) is 34.6 Å². The molecule has 2 heterocycles. The standard InChI is InChI=1S/C22H19N3O4S/c1-2-29-22(28)13-6-8-16(9-7-13)25-19(26)11-18(21(25)27)30-20-15(12-23)10-14-4-3-5-17(14)24-20/h6-10,18H,2-5,11H2,1H3. The molecule has 0 spiro atoms. The first-order valence-corrected chi connectivity index (χ1v) is 10.6. The largest absolute Gasteiger partial charge is 0.462 e. The predicted octanol–water partition coefficient (Wildman–Crippen LogP) is 3.04. The molecule has 1 saturated heterocycles. The SMILES string of the molecule is CCOC(=O)c1ccc(N2C(=O)CC(Sc3nc4c(cc3C#N)CCC4)C2=O)cc1. The smallest absolute Gasteiger partial charge is 0.338 e. The Morgan fingerprint density at radius 3 is 2.77 bits per heavy atom. The second-order valence-corrected chi connectivity index (χ2v) is 8.25. The minimum atomic E-state index is -0.638. The second kappa shape index (κ2) is 8.28. The van der Waals surface area contributed by atoms with Crippen LogP contribution in [0.4, 0.5) is 5.69 Å². The van der Waals surface area contributed by atoms with Gasteiger partial charge in [0.25, 0.3) is 0 Å². The number of fused-ring (bicyclic) bond motifs is 1. The Kier molecular flexibility index (Phi) is 5.55. The summed E-state index contributed by atoms with van der Waals surface area (Å²) >= 11 is 1.17. The topological polar surface area (TPSA) is 100 Å². The van der Waals surface area contributed by atoms with Gasteiger partial charge in [0.15, 0.2) is 0 Å². The number of anilines is 1. The molecule has 2 aromatic rings. The van der Waals surface area contributed by atoms with E-state index in [4.69, 9.17) is 4.74 Å². The van der Waals surface area contributed by atoms with Crippen molar-refractivity contribution < 1.29 is 19.1 Å². The number of carbonyl (C=O) groups is 3. The molecule has 1 aromatic heterocycles. The van der Waals surface area contributed by atoms with Crippen molar-refractivity contribution in [3.05, 3.63) is 52.7 Å². The van der Waals surface area contributed by atoms with Crippen LogP contribution in [0.25, 0.3) is 0 Å². The zero-order valence-corrected chi connectivity index (χ0v) is 17.2. The summed E-state index contributed by atoms with van der Waals surface area (Å²) < 4.78 is 4.95. The normalized spacial score (nSPS) is 17.7. The van der Waals surface area contributed by atoms with Gasteiger partial charge in [-0.3, -0.25) is 9.59 Å². The number of esters is 1. The summed E-state index contributed by atoms with van der Waals surface area (Å²) in [5.74, 6) is -1.12. The van der Waals surface area contributed by atoms with Gasteiger partial charge in [-0.25, -0.2) is 14.7 Å². The zero-order valence-electron chi connectivity index (χ0n) is 16.4. The van der Waals surface area contributed by atoms with Gasteiger partial charge in [0.05, 0.1) is 28.7 Å². The highest BCUT2D eigenvalue weighted by molar-refractivity contribution is 8.00. The molecule has 30 heavy (non-hydrogen) atoms. The van der Waals surface area contributed by atoms with Crippen molar-refractivity contribution in [3.8, 4) is 6.07 Å². The molecule has 1 atom stereocenters. The van der Waals surface area contributed by atoms with Crippen LogP contribution in [0.5, 0.6) is 0 Å². The van der Waals surface area contributed by atoms with E-state index in [0.717, 1.165) is 35.4 Å². The van der Waals surface area contributed by atoms with E-state index in [1.165, 1.54) is 23.9 Å². The Balaban J connectivity index is 1.54. The first kappa shape index (κ1) is 20.1. The number of pyridine rings is 1. The van der Waals surface area contributed by atoms with Gasteiger partial charge in [-0.15, -0.1) is 0 Å². The number of aromatic nitrogens is 1. The molecule has 1 aliphatic heterocycles. The monoisotopic (exact) mass is 421 g/mol. The van der Waals surface area contributed by atoms with E-state index in [-0.39, 0.29) is 24.8 Å². The lowest BCUT2D eigenvalue weighted by Gasteiger charge is -2.15. The third-order valence-corrected chi connectivity index (χ3v) is 6.32. The van der Waals surface area contributed by atoms with Crippen molar-refractivity contribution in [2.45, 2.75) is 42.9 Å². The molecule has 0 radical (unpaired) electrons. The molecule has 152 valence electrons. The summed E-state index contributed by atoms with van der Waals surface area (Å²) in [6.45, 7) is 1.99. The van der Waals surface area contributed by atoms with Crippen LogP contribution in [0, 0.1) is 11.3 Å². The lowest BCUT2D eigenvalue weighted by molar-refractivity contribution is -0.121. The molecule has 0 N–H and O–H groups in total. The van der Waals surface area contributed by atoms with Gasteiger partial charge in [-0.2, -0.15) is 5.26 Å². The number of amides is 2. The molecule has 1 aliphatic carbocycles. The highest BCUT2D eigenvalue weighted by atomic mass is 32.2. The summed E-state index contributed by atoms with van der Waals surface area (Å²) in [7, 11) is 0. The Morgan fingerprint density at radius 2 is 2.07 bits per heavy atom. The Bertz CT molecular complexity index is 1080. The van der Waals surface area contributed by atoms with Crippen LogP contribution in [0.2, 0.25) is 0 Å². The molecular weight excluding hydrogens is 402 g/mol. The number of imide groups is 1. The van der Waals surface area contributed by atoms with E-state index in [1.807, 2.05) is 6.07 Å². The fourth-order valence-electron chi connectivity index (χ4n) is 3.69. The Hall–Kier alpha value is -3.18. The van der Waals surface area contributed by atoms with Gasteiger partial charge in [0.1, 0.15) is 11.1 Å². The molecule has 1 fully saturated rings. The maximum Gasteiger partial charge on any atom is 0.338 e. The fourth-order valence-corrected chi connectivity index (χ4v) is 4.78. The minimum absolute atomic E-state index is 0.0345. The average Bonchev–Trinajstić information content (AvgIpc) is 3.31. The number of benzene rings is 1. The first-order valence-electron chi connectivity index (χ1n) is 9.75. The lowest BCUT2D eigenvalue weighted by atomic mass is 10.2. The first-order chi connectivity index (χ1) is 14.5. The molecule has 8 heteroatoms. The van der Waals surface area contributed by atoms with E-state index >= 15 is 0 Å². The highest BCUT2D eigenvalue weighted by Crippen LogP contribution is 2.36. The quantitative estimate of drug-likeness (QED) is 0.540. The van der Waals surface area contributed by atoms with Crippen molar-refractivity contribution in [1.82, 2.24) is 4.98 Å². The molecule has 2 amide bonds. The number of hydrogen-bond donors (Lipinski definition) is 0. The van der Waals surface area contributed by atoms with Gasteiger partial charge in [0, 0.05) is 12.1 Å². The van der Waals surface area contributed by atoms with Crippen molar-refractivity contribution in [1.29, 1.82) is 5.26 Å². The van der Waals surface area contributed by atoms with E-state index < -0.39 is 11.2 Å². The van der Waals surface area contributed by atoms with Crippen molar-refractivity contribution >= 4 is 35.2 Å². The molecule has 2 aliphatic rings. The molecule has 1 unspecified atom stereocenters. The second-order valence-electron chi connectivity index (χ2n) is 7.06. The third kappa shape index (κ3) is 3.68. The van der Waals surface area contributed by atoms with Gasteiger partial charge in [-0.05, 0) is 62.1 Å². The number of nitrogens with zero attached hydrogens (tertiary/aromatic N) is 3. The van der Waals surface area contributed by atoms with E-state index in [0.29, 0.717) is 21.8 Å². The van der Waals surface area contributed by atoms with Crippen LogP contribution >= 0.6 is 11.8 Å². The maximum absolute atomic E-state index is 13.0. The number of thioether (sulfide) groups is 1. The summed E-state index contributed by atoms with van der Waals surface area (Å²) in [4.78, 5) is 43.0. The van der Waals surface area contributed by atoms with E-state index in [1.54, 1.807) is 19.1 Å². The number of nitriles is 1. The van der Waals surface area contributed by atoms with Crippen LogP contribution in [0.15, 0.2) is 35.4 Å². The minimum Gasteiger partial charge on any atom is -0.462 e. The van der Waals surface area contributed by atoms with Crippen LogP contribution < -0.4 is 4.90 Å². The van der Waals surface area contributed by atoms with Crippen molar-refractivity contribution in [2.75, 3.05) is 11.5 Å². The zero-order chi connectivity index (χ0) is 21.3. The Labute approximate surface area is 178 Å². The number of ether oxygens (including phenoxy) is 1. The number of aryl methyl sites for hydroxylation is 2. The average molecular weight is 421 g/mol. The molecule has 0 saturated carbocycles. The molecular formula is C22H19N3O4S. The lowest BCUT2D eigenvalue weighted by Crippen LogP contribution is -2.31. The van der Waals surface area contributed by atoms with Crippen molar-refractivity contribution in [3.63, 3.8) is 0 Å². The predicted molar refractivity (Wildman–Crippen MR) is 110 cm³/mol. The summed E-state index contributed by atoms with van der Waals surface area (Å²) in [5.41, 5.74) is 3.26. The van der Waals surface area contributed by atoms with Crippen LogP contribution in [-0.2, 0) is 27.2 Å². The number of rotatable bonds is 5. The molecule has 0 bridgehead atoms. The summed E-state index contributed by atoms with van der Waals surface area (Å²) in [6, 6.07) is 10.2. The van der Waals surface area contributed by atoms with Crippen LogP contribution in [0.3, 0.4) is 0 Å². The van der Waals surface area contributed by atoms with Gasteiger partial charge in [0.2, 0.25) is 11.8 Å². The third-order valence-electron chi connectivity index (χ3n) is 5.13. The van der Waals surface area contributed by atoms with Crippen LogP contribution in [0.1, 0.15) is 46.9 Å². The van der Waals surface area contributed by atoms with E-state index in [9.17, 15) is 19.6 Å². The highest BCUT2D eigenvalue weighted by Gasteiger charge is 2.41. The maximum atomic E-state index is 13.0. The van der Waals surface area contributed by atoms with Crippen molar-refractivity contribution in [2.24, 2.45) is 0 Å². The molecule has 7 nitrogen and oxygen atoms in total. The number of carbonyl (C=O) groups excluding carboxylic acids is 3. The van der Waals surface area contributed by atoms with Gasteiger partial charge >= 0.3 is 5.97 Å². The van der Waals surface area contributed by atoms with Gasteiger partial charge < -0.3 is 4.74 Å².